The van der Waals surface area contributed by atoms with E-state index in [1.807, 2.05) is 0 Å². The Morgan fingerprint density at radius 3 is 2.94 bits per heavy atom. The van der Waals surface area contributed by atoms with Crippen molar-refractivity contribution in [1.82, 2.24) is 4.57 Å². The number of carbonyl (C=O) groups excluding carboxylic acids is 1. The lowest BCUT2D eigenvalue weighted by Gasteiger charge is -2.10. The molecule has 1 aromatic heterocycles. The fourth-order valence-corrected chi connectivity index (χ4v) is 2.13. The second-order valence-electron chi connectivity index (χ2n) is 3.96. The Kier molecular flexibility index (Phi) is 3.97. The zero-order valence-corrected chi connectivity index (χ0v) is 10.9. The molecule has 1 fully saturated rings. The predicted octanol–water partition coefficient (Wildman–Crippen LogP) is 2.67. The third-order valence-electron chi connectivity index (χ3n) is 2.75. The molecule has 1 atom stereocenters. The van der Waals surface area contributed by atoms with Crippen molar-refractivity contribution in [2.24, 2.45) is 7.05 Å². The van der Waals surface area contributed by atoms with Crippen LogP contribution in [-0.4, -0.2) is 29.9 Å². The van der Waals surface area contributed by atoms with Crippen LogP contribution >= 0.6 is 23.2 Å². The number of halogens is 2. The smallest absolute Gasteiger partial charge is 0.355 e. The van der Waals surface area contributed by atoms with E-state index in [-0.39, 0.29) is 12.7 Å². The highest BCUT2D eigenvalue weighted by molar-refractivity contribution is 6.41. The Hall–Kier alpha value is -0.710. The summed E-state index contributed by atoms with van der Waals surface area (Å²) in [6.07, 6.45) is 1.97. The Morgan fingerprint density at radius 2 is 2.41 bits per heavy atom. The maximum atomic E-state index is 11.8. The number of hydrogen-bond acceptors (Lipinski definition) is 3. The lowest BCUT2D eigenvalue weighted by molar-refractivity contribution is 0.0153. The van der Waals surface area contributed by atoms with E-state index in [1.165, 1.54) is 10.6 Å². The predicted molar refractivity (Wildman–Crippen MR) is 64.7 cm³/mol. The van der Waals surface area contributed by atoms with Crippen LogP contribution in [0.25, 0.3) is 0 Å². The van der Waals surface area contributed by atoms with E-state index in [1.54, 1.807) is 7.05 Å². The number of hydrogen-bond donors (Lipinski definition) is 0. The first-order chi connectivity index (χ1) is 8.09. The molecule has 0 spiro atoms. The van der Waals surface area contributed by atoms with E-state index in [0.29, 0.717) is 15.9 Å². The van der Waals surface area contributed by atoms with E-state index in [9.17, 15) is 4.79 Å². The number of nitrogens with zero attached hydrogens (tertiary/aromatic N) is 1. The van der Waals surface area contributed by atoms with Gasteiger partial charge in [-0.15, -0.1) is 0 Å². The molecular weight excluding hydrogens is 265 g/mol. The normalized spacial score (nSPS) is 19.6. The van der Waals surface area contributed by atoms with Crippen LogP contribution in [0.5, 0.6) is 0 Å². The third kappa shape index (κ3) is 2.76. The van der Waals surface area contributed by atoms with Gasteiger partial charge in [0.2, 0.25) is 0 Å². The molecule has 2 heterocycles. The number of aromatic nitrogens is 1. The van der Waals surface area contributed by atoms with Crippen molar-refractivity contribution >= 4 is 29.2 Å². The summed E-state index contributed by atoms with van der Waals surface area (Å²) >= 11 is 11.7. The van der Waals surface area contributed by atoms with Crippen molar-refractivity contribution in [3.63, 3.8) is 0 Å². The summed E-state index contributed by atoms with van der Waals surface area (Å²) in [6.45, 7) is 1.02. The minimum atomic E-state index is -0.434. The quantitative estimate of drug-likeness (QED) is 0.798. The molecule has 0 aromatic carbocycles. The van der Waals surface area contributed by atoms with Gasteiger partial charge in [0.1, 0.15) is 17.5 Å². The fourth-order valence-electron chi connectivity index (χ4n) is 1.76. The number of esters is 1. The standard InChI is InChI=1S/C11H13Cl2NO3/c1-14-9(5-8(12)10(14)13)11(15)17-6-7-3-2-4-16-7/h5,7H,2-4,6H2,1H3/t7-/m1/s1. The number of carbonyl (C=O) groups is 1. The van der Waals surface area contributed by atoms with Crippen molar-refractivity contribution in [3.8, 4) is 0 Å². The van der Waals surface area contributed by atoms with Gasteiger partial charge in [-0.1, -0.05) is 23.2 Å². The zero-order valence-electron chi connectivity index (χ0n) is 9.41. The molecule has 2 rings (SSSR count). The first-order valence-corrected chi connectivity index (χ1v) is 6.14. The highest BCUT2D eigenvalue weighted by Gasteiger charge is 2.21. The van der Waals surface area contributed by atoms with Gasteiger partial charge < -0.3 is 14.0 Å². The fraction of sp³-hybridized carbons (Fsp3) is 0.545. The summed E-state index contributed by atoms with van der Waals surface area (Å²) in [5.41, 5.74) is 0.345. The Bertz CT molecular complexity index is 425. The molecule has 0 bridgehead atoms. The molecule has 0 radical (unpaired) electrons. The second kappa shape index (κ2) is 5.29. The molecule has 1 saturated heterocycles. The molecule has 1 aliphatic rings. The first kappa shape index (κ1) is 12.7. The van der Waals surface area contributed by atoms with Gasteiger partial charge in [-0.2, -0.15) is 0 Å². The molecule has 1 aliphatic heterocycles. The maximum Gasteiger partial charge on any atom is 0.355 e. The highest BCUT2D eigenvalue weighted by atomic mass is 35.5. The van der Waals surface area contributed by atoms with Gasteiger partial charge in [-0.3, -0.25) is 0 Å². The van der Waals surface area contributed by atoms with Gasteiger partial charge in [0, 0.05) is 13.7 Å². The second-order valence-corrected chi connectivity index (χ2v) is 4.73. The molecule has 94 valence electrons. The van der Waals surface area contributed by atoms with E-state index < -0.39 is 5.97 Å². The van der Waals surface area contributed by atoms with Gasteiger partial charge in [0.15, 0.2) is 0 Å². The lowest BCUT2D eigenvalue weighted by atomic mass is 10.2. The molecule has 0 N–H and O–H groups in total. The highest BCUT2D eigenvalue weighted by Crippen LogP contribution is 2.25. The van der Waals surface area contributed by atoms with Crippen LogP contribution in [0.4, 0.5) is 0 Å². The SMILES string of the molecule is Cn1c(C(=O)OC[C@H]2CCCO2)cc(Cl)c1Cl. The Morgan fingerprint density at radius 1 is 1.65 bits per heavy atom. The Balaban J connectivity index is 1.96. The number of ether oxygens (including phenoxy) is 2. The summed E-state index contributed by atoms with van der Waals surface area (Å²) in [6, 6.07) is 1.50. The van der Waals surface area contributed by atoms with Gasteiger partial charge in [-0.05, 0) is 18.9 Å². The summed E-state index contributed by atoms with van der Waals surface area (Å²) < 4.78 is 12.0. The van der Waals surface area contributed by atoms with E-state index in [4.69, 9.17) is 32.7 Å². The summed E-state index contributed by atoms with van der Waals surface area (Å²) in [4.78, 5) is 11.8. The number of rotatable bonds is 3. The van der Waals surface area contributed by atoms with Crippen molar-refractivity contribution in [2.45, 2.75) is 18.9 Å². The van der Waals surface area contributed by atoms with Crippen molar-refractivity contribution in [3.05, 3.63) is 21.9 Å². The molecule has 0 aliphatic carbocycles. The van der Waals surface area contributed by atoms with Crippen LogP contribution in [0, 0.1) is 0 Å². The van der Waals surface area contributed by atoms with Crippen LogP contribution < -0.4 is 0 Å². The van der Waals surface area contributed by atoms with Gasteiger partial charge in [0.25, 0.3) is 0 Å². The minimum Gasteiger partial charge on any atom is -0.458 e. The average Bonchev–Trinajstić information content (AvgIpc) is 2.91. The molecule has 4 nitrogen and oxygen atoms in total. The van der Waals surface area contributed by atoms with Crippen LogP contribution in [0.15, 0.2) is 6.07 Å². The molecule has 6 heteroatoms. The van der Waals surface area contributed by atoms with Gasteiger partial charge in [-0.25, -0.2) is 4.79 Å². The largest absolute Gasteiger partial charge is 0.458 e. The summed E-state index contributed by atoms with van der Waals surface area (Å²) in [5.74, 6) is -0.434. The molecule has 0 unspecified atom stereocenters. The Labute approximate surface area is 109 Å². The van der Waals surface area contributed by atoms with Gasteiger partial charge >= 0.3 is 5.97 Å². The lowest BCUT2D eigenvalue weighted by Crippen LogP contribution is -2.19. The molecular formula is C11H13Cl2NO3. The third-order valence-corrected chi connectivity index (χ3v) is 3.59. The average molecular weight is 278 g/mol. The monoisotopic (exact) mass is 277 g/mol. The van der Waals surface area contributed by atoms with E-state index >= 15 is 0 Å². The minimum absolute atomic E-state index is 0.0187. The van der Waals surface area contributed by atoms with E-state index in [0.717, 1.165) is 19.4 Å². The van der Waals surface area contributed by atoms with E-state index in [2.05, 4.69) is 0 Å². The van der Waals surface area contributed by atoms with Crippen molar-refractivity contribution in [1.29, 1.82) is 0 Å². The van der Waals surface area contributed by atoms with Crippen LogP contribution in [0.2, 0.25) is 10.2 Å². The summed E-state index contributed by atoms with van der Waals surface area (Å²) in [7, 11) is 1.66. The van der Waals surface area contributed by atoms with Crippen LogP contribution in [0.1, 0.15) is 23.3 Å². The molecule has 0 saturated carbocycles. The van der Waals surface area contributed by atoms with Crippen molar-refractivity contribution in [2.75, 3.05) is 13.2 Å². The van der Waals surface area contributed by atoms with Crippen LogP contribution in [0.3, 0.4) is 0 Å². The molecule has 17 heavy (non-hydrogen) atoms. The maximum absolute atomic E-state index is 11.8. The van der Waals surface area contributed by atoms with Crippen LogP contribution in [-0.2, 0) is 16.5 Å². The van der Waals surface area contributed by atoms with Crippen molar-refractivity contribution < 1.29 is 14.3 Å². The first-order valence-electron chi connectivity index (χ1n) is 5.39. The molecule has 1 aromatic rings. The van der Waals surface area contributed by atoms with Gasteiger partial charge in [0.05, 0.1) is 11.1 Å². The zero-order chi connectivity index (χ0) is 12.4. The summed E-state index contributed by atoms with van der Waals surface area (Å²) in [5, 5.41) is 0.675. The topological polar surface area (TPSA) is 40.5 Å². The molecule has 0 amide bonds.